The second-order valence-electron chi connectivity index (χ2n) is 4.72. The third-order valence-corrected chi connectivity index (χ3v) is 5.28. The summed E-state index contributed by atoms with van der Waals surface area (Å²) in [5.74, 6) is 0. The van der Waals surface area contributed by atoms with Crippen molar-refractivity contribution in [3.05, 3.63) is 20.8 Å². The summed E-state index contributed by atoms with van der Waals surface area (Å²) in [4.78, 5) is 2.50. The predicted octanol–water partition coefficient (Wildman–Crippen LogP) is 3.89. The molecular formula is C13H23BrN2S. The van der Waals surface area contributed by atoms with E-state index in [4.69, 9.17) is 0 Å². The maximum Gasteiger partial charge on any atom is 0.0518 e. The van der Waals surface area contributed by atoms with E-state index in [1.165, 1.54) is 10.0 Å². The molecule has 0 aliphatic rings. The minimum absolute atomic E-state index is 0.0991. The third-order valence-electron chi connectivity index (χ3n) is 3.53. The highest BCUT2D eigenvalue weighted by molar-refractivity contribution is 9.10. The standard InChI is InChI=1S/C13H23BrN2S/c1-6-16(7-2)13(3,4)12(15-5)10-8-17-9-11(10)14/h8-9,12,15H,6-7H2,1-5H3. The maximum absolute atomic E-state index is 3.65. The number of likely N-dealkylation sites (N-methyl/N-ethyl adjacent to an activating group) is 2. The summed E-state index contributed by atoms with van der Waals surface area (Å²) >= 11 is 5.39. The fourth-order valence-corrected chi connectivity index (χ4v) is 4.16. The van der Waals surface area contributed by atoms with Gasteiger partial charge in [0.25, 0.3) is 0 Å². The molecule has 1 atom stereocenters. The summed E-state index contributed by atoms with van der Waals surface area (Å²) < 4.78 is 1.21. The van der Waals surface area contributed by atoms with Gasteiger partial charge in [0.2, 0.25) is 0 Å². The van der Waals surface area contributed by atoms with Gasteiger partial charge < -0.3 is 5.32 Å². The summed E-state index contributed by atoms with van der Waals surface area (Å²) in [7, 11) is 2.04. The molecular weight excluding hydrogens is 296 g/mol. The first-order chi connectivity index (χ1) is 7.98. The van der Waals surface area contributed by atoms with E-state index >= 15 is 0 Å². The van der Waals surface area contributed by atoms with Gasteiger partial charge >= 0.3 is 0 Å². The van der Waals surface area contributed by atoms with Crippen LogP contribution in [0.2, 0.25) is 0 Å². The zero-order valence-corrected chi connectivity index (χ0v) is 13.8. The Hall–Kier alpha value is 0.100. The van der Waals surface area contributed by atoms with Crippen LogP contribution in [0.1, 0.15) is 39.3 Å². The van der Waals surface area contributed by atoms with Crippen LogP contribution >= 0.6 is 27.3 Å². The summed E-state index contributed by atoms with van der Waals surface area (Å²) in [5, 5.41) is 7.85. The largest absolute Gasteiger partial charge is 0.311 e. The molecule has 0 fully saturated rings. The van der Waals surface area contributed by atoms with E-state index in [1.54, 1.807) is 11.3 Å². The van der Waals surface area contributed by atoms with E-state index in [9.17, 15) is 0 Å². The fourth-order valence-electron chi connectivity index (χ4n) is 2.61. The predicted molar refractivity (Wildman–Crippen MR) is 80.8 cm³/mol. The molecule has 1 unspecified atom stereocenters. The highest BCUT2D eigenvalue weighted by atomic mass is 79.9. The first-order valence-electron chi connectivity index (χ1n) is 6.12. The molecule has 0 aromatic carbocycles. The van der Waals surface area contributed by atoms with E-state index in [-0.39, 0.29) is 5.54 Å². The lowest BCUT2D eigenvalue weighted by Gasteiger charge is -2.43. The van der Waals surface area contributed by atoms with Crippen LogP contribution in [0.3, 0.4) is 0 Å². The van der Waals surface area contributed by atoms with Gasteiger partial charge in [-0.3, -0.25) is 4.90 Å². The highest BCUT2D eigenvalue weighted by Gasteiger charge is 2.35. The Balaban J connectivity index is 3.05. The molecule has 0 saturated carbocycles. The Labute approximate surface area is 118 Å². The second kappa shape index (κ2) is 6.32. The fraction of sp³-hybridized carbons (Fsp3) is 0.692. The smallest absolute Gasteiger partial charge is 0.0518 e. The van der Waals surface area contributed by atoms with Crippen LogP contribution < -0.4 is 5.32 Å². The van der Waals surface area contributed by atoms with E-state index in [0.29, 0.717) is 6.04 Å². The number of halogens is 1. The molecule has 98 valence electrons. The molecule has 1 aromatic heterocycles. The molecule has 17 heavy (non-hydrogen) atoms. The van der Waals surface area contributed by atoms with Crippen LogP contribution in [0.4, 0.5) is 0 Å². The van der Waals surface area contributed by atoms with Crippen molar-refractivity contribution < 1.29 is 0 Å². The normalized spacial score (nSPS) is 14.3. The highest BCUT2D eigenvalue weighted by Crippen LogP contribution is 2.36. The van der Waals surface area contributed by atoms with Gasteiger partial charge in [-0.25, -0.2) is 0 Å². The van der Waals surface area contributed by atoms with Gasteiger partial charge in [0, 0.05) is 15.4 Å². The number of rotatable bonds is 6. The first kappa shape index (κ1) is 15.2. The Kier molecular flexibility index (Phi) is 5.64. The third kappa shape index (κ3) is 3.11. The van der Waals surface area contributed by atoms with Crippen LogP contribution in [0, 0.1) is 0 Å². The van der Waals surface area contributed by atoms with E-state index in [2.05, 4.69) is 64.6 Å². The summed E-state index contributed by atoms with van der Waals surface area (Å²) in [5.41, 5.74) is 1.45. The molecule has 0 aliphatic heterocycles. The molecule has 0 saturated heterocycles. The lowest BCUT2D eigenvalue weighted by atomic mass is 9.88. The number of nitrogens with one attached hydrogen (secondary N) is 1. The molecule has 1 N–H and O–H groups in total. The van der Waals surface area contributed by atoms with Crippen molar-refractivity contribution in [1.82, 2.24) is 10.2 Å². The van der Waals surface area contributed by atoms with Crippen molar-refractivity contribution in [3.63, 3.8) is 0 Å². The summed E-state index contributed by atoms with van der Waals surface area (Å²) in [6, 6.07) is 0.336. The van der Waals surface area contributed by atoms with Crippen molar-refractivity contribution in [2.75, 3.05) is 20.1 Å². The lowest BCUT2D eigenvalue weighted by Crippen LogP contribution is -2.51. The molecule has 0 spiro atoms. The zero-order valence-electron chi connectivity index (χ0n) is 11.4. The molecule has 1 rings (SSSR count). The van der Waals surface area contributed by atoms with Gasteiger partial charge in [0.1, 0.15) is 0 Å². The monoisotopic (exact) mass is 318 g/mol. The summed E-state index contributed by atoms with van der Waals surface area (Å²) in [6.45, 7) is 11.2. The zero-order chi connectivity index (χ0) is 13.1. The van der Waals surface area contributed by atoms with Gasteiger partial charge in [-0.15, -0.1) is 0 Å². The van der Waals surface area contributed by atoms with Crippen LogP contribution in [0.15, 0.2) is 15.2 Å². The Morgan fingerprint density at radius 3 is 2.29 bits per heavy atom. The molecule has 1 aromatic rings. The Bertz CT molecular complexity index is 345. The minimum atomic E-state index is 0.0991. The van der Waals surface area contributed by atoms with Crippen LogP contribution in [0.25, 0.3) is 0 Å². The van der Waals surface area contributed by atoms with Crippen molar-refractivity contribution in [1.29, 1.82) is 0 Å². The first-order valence-corrected chi connectivity index (χ1v) is 7.86. The Morgan fingerprint density at radius 2 is 1.94 bits per heavy atom. The average molecular weight is 319 g/mol. The van der Waals surface area contributed by atoms with E-state index in [0.717, 1.165) is 13.1 Å². The van der Waals surface area contributed by atoms with Gasteiger partial charge in [0.05, 0.1) is 6.04 Å². The van der Waals surface area contributed by atoms with Crippen molar-refractivity contribution >= 4 is 27.3 Å². The molecule has 0 radical (unpaired) electrons. The molecule has 2 nitrogen and oxygen atoms in total. The molecule has 1 heterocycles. The van der Waals surface area contributed by atoms with E-state index in [1.807, 2.05) is 7.05 Å². The van der Waals surface area contributed by atoms with Crippen LogP contribution in [0.5, 0.6) is 0 Å². The van der Waals surface area contributed by atoms with Gasteiger partial charge in [-0.2, -0.15) is 11.3 Å². The van der Waals surface area contributed by atoms with Gasteiger partial charge in [-0.1, -0.05) is 13.8 Å². The maximum atomic E-state index is 3.65. The number of nitrogens with zero attached hydrogens (tertiary/aromatic N) is 1. The van der Waals surface area contributed by atoms with Crippen molar-refractivity contribution in [3.8, 4) is 0 Å². The molecule has 0 bridgehead atoms. The molecule has 0 amide bonds. The molecule has 0 aliphatic carbocycles. The van der Waals surface area contributed by atoms with Gasteiger partial charge in [0.15, 0.2) is 0 Å². The SMILES string of the molecule is CCN(CC)C(C)(C)C(NC)c1cscc1Br. The number of hydrogen-bond acceptors (Lipinski definition) is 3. The van der Waals surface area contributed by atoms with Crippen molar-refractivity contribution in [2.24, 2.45) is 0 Å². The summed E-state index contributed by atoms with van der Waals surface area (Å²) in [6.07, 6.45) is 0. The topological polar surface area (TPSA) is 15.3 Å². The van der Waals surface area contributed by atoms with Crippen LogP contribution in [-0.4, -0.2) is 30.6 Å². The Morgan fingerprint density at radius 1 is 1.35 bits per heavy atom. The second-order valence-corrected chi connectivity index (χ2v) is 6.32. The average Bonchev–Trinajstić information content (AvgIpc) is 2.67. The van der Waals surface area contributed by atoms with Crippen LogP contribution in [-0.2, 0) is 0 Å². The molecule has 4 heteroatoms. The number of thiophene rings is 1. The van der Waals surface area contributed by atoms with Crippen molar-refractivity contribution in [2.45, 2.75) is 39.3 Å². The quantitative estimate of drug-likeness (QED) is 0.856. The minimum Gasteiger partial charge on any atom is -0.311 e. The lowest BCUT2D eigenvalue weighted by molar-refractivity contribution is 0.0944. The van der Waals surface area contributed by atoms with Gasteiger partial charge in [-0.05, 0) is 60.9 Å². The van der Waals surface area contributed by atoms with E-state index < -0.39 is 0 Å². The number of hydrogen-bond donors (Lipinski definition) is 1.